The summed E-state index contributed by atoms with van der Waals surface area (Å²) in [5, 5.41) is 0. The molecule has 0 atom stereocenters. The number of hydrogen-bond donors (Lipinski definition) is 2. The first-order valence-corrected chi connectivity index (χ1v) is 5.84. The molecule has 0 aliphatic heterocycles. The van der Waals surface area contributed by atoms with Crippen LogP contribution in [0.3, 0.4) is 0 Å². The Morgan fingerprint density at radius 1 is 0.652 bits per heavy atom. The van der Waals surface area contributed by atoms with Gasteiger partial charge in [-0.1, -0.05) is 24.3 Å². The van der Waals surface area contributed by atoms with E-state index in [0.29, 0.717) is 22.5 Å². The van der Waals surface area contributed by atoms with Crippen LogP contribution in [0.5, 0.6) is 0 Å². The molecule has 0 aliphatic carbocycles. The maximum atomic E-state index is 10.6. The Kier molecular flexibility index (Phi) is 16.2. The molecule has 0 bridgehead atoms. The van der Waals surface area contributed by atoms with Gasteiger partial charge in [0.2, 0.25) is 0 Å². The first kappa shape index (κ1) is 27.2. The zero-order valence-electron chi connectivity index (χ0n) is 13.2. The number of Topliss-reactive ketones (excluding diaryl/α,β-unsaturated/α-hetero) is 2. The van der Waals surface area contributed by atoms with Gasteiger partial charge < -0.3 is 28.5 Å². The van der Waals surface area contributed by atoms with Crippen molar-refractivity contribution in [2.24, 2.45) is 0 Å². The van der Waals surface area contributed by atoms with E-state index in [1.807, 2.05) is 0 Å². The molecular formula is C17H19N2O2Y2-3. The van der Waals surface area contributed by atoms with E-state index in [0.717, 1.165) is 0 Å². The Hall–Kier alpha value is -0.672. The second-order valence-corrected chi connectivity index (χ2v) is 4.09. The second kappa shape index (κ2) is 13.7. The van der Waals surface area contributed by atoms with Gasteiger partial charge in [0.1, 0.15) is 0 Å². The summed E-state index contributed by atoms with van der Waals surface area (Å²) in [4.78, 5) is 21.2. The van der Waals surface area contributed by atoms with Gasteiger partial charge in [-0.3, -0.25) is 0 Å². The van der Waals surface area contributed by atoms with E-state index in [2.05, 4.69) is 13.8 Å². The smallest absolute Gasteiger partial charge is 0.0283 e. The van der Waals surface area contributed by atoms with Gasteiger partial charge in [0.25, 0.3) is 0 Å². The molecule has 0 saturated carbocycles. The maximum Gasteiger partial charge on any atom is 0.0283 e. The molecule has 0 fully saturated rings. The van der Waals surface area contributed by atoms with Crippen LogP contribution in [0.25, 0.3) is 0 Å². The summed E-state index contributed by atoms with van der Waals surface area (Å²) in [6.45, 7) is 6.52. The topological polar surface area (TPSA) is 86.2 Å². The molecule has 0 amide bonds. The number of rotatable bonds is 2. The zero-order chi connectivity index (χ0) is 15.1. The maximum absolute atomic E-state index is 10.6. The molecule has 0 aliphatic rings. The van der Waals surface area contributed by atoms with Crippen molar-refractivity contribution < 1.29 is 75.0 Å². The standard InChI is InChI=1S/2C8H8NO.CH3.2Y/c2*1-6(10)7-2-4-8(9)5-3-7;;;/h2*2-5H,1,9H2;1H3;;/q3*-1;;. The summed E-state index contributed by atoms with van der Waals surface area (Å²) in [6.07, 6.45) is 0. The number of nitrogens with two attached hydrogens (primary N) is 2. The van der Waals surface area contributed by atoms with Crippen LogP contribution >= 0.6 is 0 Å². The van der Waals surface area contributed by atoms with Gasteiger partial charge in [-0.25, -0.2) is 0 Å². The molecule has 23 heavy (non-hydrogen) atoms. The summed E-state index contributed by atoms with van der Waals surface area (Å²) in [5.41, 5.74) is 13.3. The van der Waals surface area contributed by atoms with Crippen molar-refractivity contribution in [3.8, 4) is 0 Å². The second-order valence-electron chi connectivity index (χ2n) is 4.09. The molecule has 4 N–H and O–H groups in total. The molecule has 0 spiro atoms. The zero-order valence-corrected chi connectivity index (χ0v) is 18.8. The average Bonchev–Trinajstić information content (AvgIpc) is 2.40. The molecule has 6 heteroatoms. The summed E-state index contributed by atoms with van der Waals surface area (Å²) in [6, 6.07) is 13.3. The van der Waals surface area contributed by atoms with Crippen LogP contribution < -0.4 is 11.5 Å². The van der Waals surface area contributed by atoms with Crippen LogP contribution in [-0.4, -0.2) is 11.6 Å². The van der Waals surface area contributed by atoms with Crippen LogP contribution in [0.2, 0.25) is 0 Å². The Balaban J connectivity index is -0.000000308. The largest absolute Gasteiger partial charge is 0.399 e. The number of anilines is 2. The average molecular weight is 461 g/mol. The van der Waals surface area contributed by atoms with Crippen molar-refractivity contribution in [1.82, 2.24) is 0 Å². The molecule has 0 heterocycles. The summed E-state index contributed by atoms with van der Waals surface area (Å²) >= 11 is 0. The van der Waals surface area contributed by atoms with Crippen LogP contribution in [0.4, 0.5) is 11.4 Å². The third-order valence-electron chi connectivity index (χ3n) is 2.47. The minimum atomic E-state index is -0.181. The van der Waals surface area contributed by atoms with E-state index >= 15 is 0 Å². The Bertz CT molecular complexity index is 541. The predicted octanol–water partition coefficient (Wildman–Crippen LogP) is 3.02. The molecule has 4 nitrogen and oxygen atoms in total. The Morgan fingerprint density at radius 3 is 1.04 bits per heavy atom. The molecule has 0 saturated heterocycles. The van der Waals surface area contributed by atoms with E-state index in [-0.39, 0.29) is 84.4 Å². The van der Waals surface area contributed by atoms with Crippen molar-refractivity contribution in [3.05, 3.63) is 80.9 Å². The third-order valence-corrected chi connectivity index (χ3v) is 2.47. The number of ketones is 2. The van der Waals surface area contributed by atoms with Gasteiger partial charge in [0.15, 0.2) is 0 Å². The Morgan fingerprint density at radius 2 is 0.870 bits per heavy atom. The van der Waals surface area contributed by atoms with Crippen molar-refractivity contribution in [1.29, 1.82) is 0 Å². The fourth-order valence-corrected chi connectivity index (χ4v) is 1.34. The first-order chi connectivity index (χ1) is 9.40. The van der Waals surface area contributed by atoms with E-state index in [9.17, 15) is 9.59 Å². The van der Waals surface area contributed by atoms with Gasteiger partial charge in [-0.2, -0.15) is 13.8 Å². The number of carbonyl (C=O) groups excluding carboxylic acids is 2. The van der Waals surface area contributed by atoms with E-state index in [1.165, 1.54) is 0 Å². The number of nitrogen functional groups attached to an aromatic ring is 2. The predicted molar refractivity (Wildman–Crippen MR) is 87.5 cm³/mol. The quantitative estimate of drug-likeness (QED) is 0.409. The van der Waals surface area contributed by atoms with Gasteiger partial charge >= 0.3 is 0 Å². The van der Waals surface area contributed by atoms with E-state index in [4.69, 9.17) is 11.5 Å². The van der Waals surface area contributed by atoms with Gasteiger partial charge in [0, 0.05) is 88.4 Å². The molecule has 118 valence electrons. The van der Waals surface area contributed by atoms with E-state index < -0.39 is 0 Å². The molecular weight excluding hydrogens is 442 g/mol. The summed E-state index contributed by atoms with van der Waals surface area (Å²) < 4.78 is 0. The molecule has 0 aromatic heterocycles. The molecule has 2 aromatic rings. The fourth-order valence-electron chi connectivity index (χ4n) is 1.34. The van der Waals surface area contributed by atoms with Crippen LogP contribution in [0.15, 0.2) is 48.5 Å². The van der Waals surface area contributed by atoms with Gasteiger partial charge in [0.05, 0.1) is 0 Å². The van der Waals surface area contributed by atoms with Crippen molar-refractivity contribution in [2.45, 2.75) is 0 Å². The monoisotopic (exact) mass is 461 g/mol. The molecule has 2 rings (SSSR count). The van der Waals surface area contributed by atoms with Crippen LogP contribution in [0, 0.1) is 21.3 Å². The van der Waals surface area contributed by atoms with Crippen molar-refractivity contribution in [2.75, 3.05) is 11.5 Å². The van der Waals surface area contributed by atoms with Gasteiger partial charge in [-0.15, -0.1) is 35.4 Å². The number of benzene rings is 2. The minimum Gasteiger partial charge on any atom is -0.399 e. The minimum absolute atomic E-state index is 0. The third kappa shape index (κ3) is 10.7. The van der Waals surface area contributed by atoms with Crippen LogP contribution in [0.1, 0.15) is 20.7 Å². The van der Waals surface area contributed by atoms with Crippen molar-refractivity contribution in [3.63, 3.8) is 0 Å². The molecule has 2 radical (unpaired) electrons. The number of carbonyl (C=O) groups is 2. The summed E-state index contributed by atoms with van der Waals surface area (Å²) in [5.74, 6) is -0.361. The normalized spacial score (nSPS) is 8.00. The number of hydrogen-bond acceptors (Lipinski definition) is 4. The fraction of sp³-hybridized carbons (Fsp3) is 0. The Labute approximate surface area is 188 Å². The van der Waals surface area contributed by atoms with Crippen LogP contribution in [-0.2, 0) is 65.4 Å². The molecule has 2 aromatic carbocycles. The first-order valence-electron chi connectivity index (χ1n) is 5.84. The SMILES string of the molecule is [CH2-]C(=O)c1ccc(N)cc1.[CH2-]C(=O)c1ccc(N)cc1.[CH3-].[Y].[Y]. The summed E-state index contributed by atoms with van der Waals surface area (Å²) in [7, 11) is 0. The van der Waals surface area contributed by atoms with E-state index in [1.54, 1.807) is 48.5 Å². The van der Waals surface area contributed by atoms with Crippen molar-refractivity contribution >= 4 is 22.9 Å². The molecule has 0 unspecified atom stereocenters. The van der Waals surface area contributed by atoms with Gasteiger partial charge in [-0.05, 0) is 0 Å².